The van der Waals surface area contributed by atoms with Gasteiger partial charge in [0.05, 0.1) is 6.10 Å². The summed E-state index contributed by atoms with van der Waals surface area (Å²) in [6, 6.07) is 4.43. The molecular weight excluding hydrogens is 240 g/mol. The minimum absolute atomic E-state index is 0.205. The van der Waals surface area contributed by atoms with Crippen molar-refractivity contribution >= 4 is 0 Å². The summed E-state index contributed by atoms with van der Waals surface area (Å²) in [5.74, 6) is 0.675. The predicted molar refractivity (Wildman–Crippen MR) is 75.3 cm³/mol. The van der Waals surface area contributed by atoms with Crippen LogP contribution in [0.15, 0.2) is 18.3 Å². The quantitative estimate of drug-likeness (QED) is 0.907. The van der Waals surface area contributed by atoms with Crippen LogP contribution in [-0.2, 0) is 11.3 Å². The zero-order valence-corrected chi connectivity index (χ0v) is 12.3. The first-order valence-electron chi connectivity index (χ1n) is 6.93. The monoisotopic (exact) mass is 264 g/mol. The van der Waals surface area contributed by atoms with E-state index in [0.717, 1.165) is 19.6 Å². The molecule has 0 aliphatic carbocycles. The molecule has 2 unspecified atom stereocenters. The molecule has 1 N–H and O–H groups in total. The van der Waals surface area contributed by atoms with Crippen molar-refractivity contribution in [3.63, 3.8) is 0 Å². The summed E-state index contributed by atoms with van der Waals surface area (Å²) >= 11 is 0. The second kappa shape index (κ2) is 5.88. The number of aromatic nitrogens is 1. The van der Waals surface area contributed by atoms with Crippen molar-refractivity contribution in [2.45, 2.75) is 58.4 Å². The van der Waals surface area contributed by atoms with E-state index in [-0.39, 0.29) is 5.60 Å². The van der Waals surface area contributed by atoms with Crippen LogP contribution in [0.2, 0.25) is 0 Å². The van der Waals surface area contributed by atoms with Gasteiger partial charge in [0.15, 0.2) is 0 Å². The largest absolute Gasteiger partial charge is 0.472 e. The van der Waals surface area contributed by atoms with E-state index in [4.69, 9.17) is 9.47 Å². The van der Waals surface area contributed by atoms with Gasteiger partial charge in [-0.3, -0.25) is 0 Å². The molecule has 1 saturated heterocycles. The summed E-state index contributed by atoms with van der Waals surface area (Å²) in [4.78, 5) is 4.33. The van der Waals surface area contributed by atoms with Gasteiger partial charge in [-0.05, 0) is 39.7 Å². The maximum Gasteiger partial charge on any atom is 0.213 e. The first-order valence-corrected chi connectivity index (χ1v) is 6.93. The highest BCUT2D eigenvalue weighted by molar-refractivity contribution is 5.18. The van der Waals surface area contributed by atoms with Crippen molar-refractivity contribution in [2.24, 2.45) is 0 Å². The molecule has 106 valence electrons. The summed E-state index contributed by atoms with van der Waals surface area (Å²) in [7, 11) is 0. The lowest BCUT2D eigenvalue weighted by Gasteiger charge is -2.20. The second-order valence-corrected chi connectivity index (χ2v) is 6.07. The van der Waals surface area contributed by atoms with Gasteiger partial charge in [0.25, 0.3) is 0 Å². The van der Waals surface area contributed by atoms with Crippen molar-refractivity contribution in [3.05, 3.63) is 23.9 Å². The first-order chi connectivity index (χ1) is 8.94. The fourth-order valence-corrected chi connectivity index (χ4v) is 2.14. The van der Waals surface area contributed by atoms with E-state index < -0.39 is 0 Å². The molecule has 2 atom stereocenters. The lowest BCUT2D eigenvalue weighted by Crippen LogP contribution is -2.34. The highest BCUT2D eigenvalue weighted by atomic mass is 16.5. The summed E-state index contributed by atoms with van der Waals surface area (Å²) in [5.41, 5.74) is 0.962. The molecule has 19 heavy (non-hydrogen) atoms. The molecule has 1 aliphatic rings. The number of ether oxygens (including phenoxy) is 2. The number of nitrogens with one attached hydrogen (secondary N) is 1. The summed E-state index contributed by atoms with van der Waals surface area (Å²) in [6.45, 7) is 9.85. The summed E-state index contributed by atoms with van der Waals surface area (Å²) in [5, 5.41) is 3.51. The molecule has 0 radical (unpaired) electrons. The molecule has 0 spiro atoms. The van der Waals surface area contributed by atoms with Crippen LogP contribution in [0.25, 0.3) is 0 Å². The van der Waals surface area contributed by atoms with E-state index in [9.17, 15) is 0 Å². The average molecular weight is 264 g/mol. The van der Waals surface area contributed by atoms with Gasteiger partial charge in [-0.1, -0.05) is 6.07 Å². The van der Waals surface area contributed by atoms with Crippen molar-refractivity contribution in [1.82, 2.24) is 10.3 Å². The van der Waals surface area contributed by atoms with Crippen LogP contribution >= 0.6 is 0 Å². The number of rotatable bonds is 4. The molecule has 0 bridgehead atoms. The molecule has 0 amide bonds. The molecule has 0 aromatic carbocycles. The van der Waals surface area contributed by atoms with Gasteiger partial charge in [-0.25, -0.2) is 4.98 Å². The van der Waals surface area contributed by atoms with Crippen LogP contribution in [0.5, 0.6) is 5.88 Å². The normalized spacial score (nSPS) is 23.6. The highest BCUT2D eigenvalue weighted by Crippen LogP contribution is 2.16. The summed E-state index contributed by atoms with van der Waals surface area (Å²) in [6.07, 6.45) is 3.26. The fourth-order valence-electron chi connectivity index (χ4n) is 2.14. The Labute approximate surface area is 115 Å². The first kappa shape index (κ1) is 14.3. The van der Waals surface area contributed by atoms with Crippen LogP contribution in [0.4, 0.5) is 0 Å². The lowest BCUT2D eigenvalue weighted by molar-refractivity contribution is 0.113. The molecule has 1 aromatic rings. The zero-order valence-electron chi connectivity index (χ0n) is 12.3. The smallest absolute Gasteiger partial charge is 0.213 e. The third-order valence-corrected chi connectivity index (χ3v) is 3.15. The van der Waals surface area contributed by atoms with Gasteiger partial charge in [-0.15, -0.1) is 0 Å². The molecule has 2 rings (SSSR count). The van der Waals surface area contributed by atoms with Crippen LogP contribution in [-0.4, -0.2) is 29.3 Å². The Morgan fingerprint density at radius 1 is 1.42 bits per heavy atom. The van der Waals surface area contributed by atoms with E-state index in [0.29, 0.717) is 18.0 Å². The Bertz CT molecular complexity index is 398. The zero-order chi connectivity index (χ0) is 13.9. The minimum atomic E-state index is -0.205. The van der Waals surface area contributed by atoms with Crippen LogP contribution < -0.4 is 10.1 Å². The third kappa shape index (κ3) is 4.48. The molecule has 4 heteroatoms. The van der Waals surface area contributed by atoms with Crippen molar-refractivity contribution in [3.8, 4) is 5.88 Å². The Kier molecular flexibility index (Phi) is 4.42. The van der Waals surface area contributed by atoms with Crippen LogP contribution in [0.3, 0.4) is 0 Å². The van der Waals surface area contributed by atoms with Gasteiger partial charge < -0.3 is 14.8 Å². The maximum atomic E-state index is 5.70. The second-order valence-electron chi connectivity index (χ2n) is 6.07. The molecule has 2 heterocycles. The number of nitrogens with zero attached hydrogens (tertiary/aromatic N) is 1. The van der Waals surface area contributed by atoms with Crippen molar-refractivity contribution in [1.29, 1.82) is 0 Å². The average Bonchev–Trinajstić information content (AvgIpc) is 2.72. The maximum absolute atomic E-state index is 5.70. The Balaban J connectivity index is 1.85. The lowest BCUT2D eigenvalue weighted by atomic mass is 10.1. The van der Waals surface area contributed by atoms with Gasteiger partial charge in [0, 0.05) is 31.5 Å². The van der Waals surface area contributed by atoms with E-state index >= 15 is 0 Å². The molecule has 1 fully saturated rings. The Hall–Kier alpha value is -1.13. The Morgan fingerprint density at radius 3 is 2.74 bits per heavy atom. The van der Waals surface area contributed by atoms with Gasteiger partial charge >= 0.3 is 0 Å². The number of hydrogen-bond donors (Lipinski definition) is 1. The number of hydrogen-bond acceptors (Lipinski definition) is 4. The minimum Gasteiger partial charge on any atom is -0.472 e. The number of pyridine rings is 1. The predicted octanol–water partition coefficient (Wildman–Crippen LogP) is 2.53. The summed E-state index contributed by atoms with van der Waals surface area (Å²) < 4.78 is 11.2. The molecular formula is C15H24N2O2. The van der Waals surface area contributed by atoms with E-state index in [1.165, 1.54) is 5.56 Å². The molecule has 0 saturated carbocycles. The Morgan fingerprint density at radius 2 is 2.21 bits per heavy atom. The van der Waals surface area contributed by atoms with E-state index in [1.54, 1.807) is 0 Å². The van der Waals surface area contributed by atoms with Gasteiger partial charge in [0.1, 0.15) is 5.60 Å². The van der Waals surface area contributed by atoms with E-state index in [2.05, 4.69) is 23.3 Å². The van der Waals surface area contributed by atoms with Crippen molar-refractivity contribution in [2.75, 3.05) is 6.61 Å². The van der Waals surface area contributed by atoms with Crippen molar-refractivity contribution < 1.29 is 9.47 Å². The SMILES string of the molecule is CC1OCCC1NCc1ccc(OC(C)(C)C)nc1. The standard InChI is InChI=1S/C15H24N2O2/c1-11-13(7-8-18-11)16-9-12-5-6-14(17-10-12)19-15(2,3)4/h5-6,10-11,13,16H,7-9H2,1-4H3. The fraction of sp³-hybridized carbons (Fsp3) is 0.667. The van der Waals surface area contributed by atoms with Crippen LogP contribution in [0, 0.1) is 0 Å². The topological polar surface area (TPSA) is 43.4 Å². The van der Waals surface area contributed by atoms with Gasteiger partial charge in [0.2, 0.25) is 5.88 Å². The highest BCUT2D eigenvalue weighted by Gasteiger charge is 2.23. The van der Waals surface area contributed by atoms with Gasteiger partial charge in [-0.2, -0.15) is 0 Å². The molecule has 1 aliphatic heterocycles. The molecule has 4 nitrogen and oxygen atoms in total. The third-order valence-electron chi connectivity index (χ3n) is 3.15. The molecule has 1 aromatic heterocycles. The van der Waals surface area contributed by atoms with E-state index in [1.807, 2.05) is 33.0 Å². The van der Waals surface area contributed by atoms with Crippen LogP contribution in [0.1, 0.15) is 39.7 Å².